The number of hydrogen-bond donors (Lipinski definition) is 0. The highest BCUT2D eigenvalue weighted by molar-refractivity contribution is 5.14. The molecule has 1 aliphatic rings. The molecule has 14 heavy (non-hydrogen) atoms. The fraction of sp³-hybridized carbons (Fsp3) is 0.583. The highest BCUT2D eigenvalue weighted by Gasteiger charge is 2.11. The Labute approximate surface area is 86.0 Å². The van der Waals surface area contributed by atoms with Gasteiger partial charge in [-0.25, -0.2) is 0 Å². The third-order valence-corrected chi connectivity index (χ3v) is 2.85. The van der Waals surface area contributed by atoms with E-state index in [0.29, 0.717) is 0 Å². The zero-order valence-electron chi connectivity index (χ0n) is 8.87. The van der Waals surface area contributed by atoms with Crippen molar-refractivity contribution in [3.05, 3.63) is 29.6 Å². The second-order valence-electron chi connectivity index (χ2n) is 3.99. The normalized spacial score (nSPS) is 17.5. The van der Waals surface area contributed by atoms with Gasteiger partial charge in [-0.05, 0) is 44.0 Å². The Balaban J connectivity index is 1.95. The lowest BCUT2D eigenvalue weighted by atomic mass is 10.2. The average Bonchev–Trinajstić information content (AvgIpc) is 2.72. The molecule has 0 atom stereocenters. The van der Waals surface area contributed by atoms with Gasteiger partial charge in [-0.15, -0.1) is 0 Å². The van der Waals surface area contributed by atoms with Crippen LogP contribution in [0, 0.1) is 0 Å². The van der Waals surface area contributed by atoms with E-state index < -0.39 is 0 Å². The molecular formula is C12H18N2. The van der Waals surface area contributed by atoms with Crippen LogP contribution >= 0.6 is 0 Å². The van der Waals surface area contributed by atoms with Crippen LogP contribution in [-0.2, 0) is 13.0 Å². The van der Waals surface area contributed by atoms with E-state index >= 15 is 0 Å². The van der Waals surface area contributed by atoms with Gasteiger partial charge in [-0.3, -0.25) is 9.88 Å². The van der Waals surface area contributed by atoms with E-state index in [1.807, 2.05) is 6.20 Å². The molecule has 2 heteroatoms. The molecule has 0 spiro atoms. The van der Waals surface area contributed by atoms with Crippen LogP contribution in [0.5, 0.6) is 0 Å². The SMILES string of the molecule is CCc1ccc(CN2CCCC2)cn1. The molecule has 1 aliphatic heterocycles. The smallest absolute Gasteiger partial charge is 0.0401 e. The monoisotopic (exact) mass is 190 g/mol. The molecule has 1 aromatic heterocycles. The van der Waals surface area contributed by atoms with Crippen LogP contribution in [0.4, 0.5) is 0 Å². The van der Waals surface area contributed by atoms with Gasteiger partial charge in [0.05, 0.1) is 0 Å². The van der Waals surface area contributed by atoms with Crippen molar-refractivity contribution in [3.8, 4) is 0 Å². The van der Waals surface area contributed by atoms with Gasteiger partial charge in [0.25, 0.3) is 0 Å². The number of pyridine rings is 1. The van der Waals surface area contributed by atoms with E-state index in [4.69, 9.17) is 0 Å². The van der Waals surface area contributed by atoms with Crippen molar-refractivity contribution >= 4 is 0 Å². The number of aryl methyl sites for hydroxylation is 1. The summed E-state index contributed by atoms with van der Waals surface area (Å²) in [6, 6.07) is 4.36. The van der Waals surface area contributed by atoms with Crippen molar-refractivity contribution in [3.63, 3.8) is 0 Å². The van der Waals surface area contributed by atoms with E-state index in [9.17, 15) is 0 Å². The molecule has 1 fully saturated rings. The average molecular weight is 190 g/mol. The van der Waals surface area contributed by atoms with Crippen LogP contribution in [0.1, 0.15) is 31.0 Å². The molecule has 0 unspecified atom stereocenters. The molecule has 2 nitrogen and oxygen atoms in total. The number of aromatic nitrogens is 1. The van der Waals surface area contributed by atoms with E-state index in [1.165, 1.54) is 37.2 Å². The Bertz CT molecular complexity index is 273. The van der Waals surface area contributed by atoms with Crippen LogP contribution in [0.25, 0.3) is 0 Å². The van der Waals surface area contributed by atoms with Crippen LogP contribution in [0.3, 0.4) is 0 Å². The van der Waals surface area contributed by atoms with Crippen LogP contribution < -0.4 is 0 Å². The zero-order chi connectivity index (χ0) is 9.80. The van der Waals surface area contributed by atoms with Gasteiger partial charge in [-0.2, -0.15) is 0 Å². The molecule has 0 amide bonds. The Kier molecular flexibility index (Phi) is 3.14. The molecule has 2 rings (SSSR count). The molecule has 0 radical (unpaired) electrons. The zero-order valence-corrected chi connectivity index (χ0v) is 8.87. The lowest BCUT2D eigenvalue weighted by molar-refractivity contribution is 0.331. The van der Waals surface area contributed by atoms with Gasteiger partial charge in [0, 0.05) is 18.4 Å². The standard InChI is InChI=1S/C12H18N2/c1-2-12-6-5-11(9-13-12)10-14-7-3-4-8-14/h5-6,9H,2-4,7-8,10H2,1H3. The Morgan fingerprint density at radius 3 is 2.64 bits per heavy atom. The van der Waals surface area contributed by atoms with E-state index in [-0.39, 0.29) is 0 Å². The third kappa shape index (κ3) is 2.32. The van der Waals surface area contributed by atoms with Crippen molar-refractivity contribution in [2.24, 2.45) is 0 Å². The lowest BCUT2D eigenvalue weighted by Gasteiger charge is -2.14. The summed E-state index contributed by atoms with van der Waals surface area (Å²) in [6.45, 7) is 5.74. The minimum absolute atomic E-state index is 1.03. The maximum atomic E-state index is 4.41. The first kappa shape index (κ1) is 9.66. The summed E-state index contributed by atoms with van der Waals surface area (Å²) in [7, 11) is 0. The Hall–Kier alpha value is -0.890. The second-order valence-corrected chi connectivity index (χ2v) is 3.99. The predicted octanol–water partition coefficient (Wildman–Crippen LogP) is 2.24. The number of nitrogens with zero attached hydrogens (tertiary/aromatic N) is 2. The summed E-state index contributed by atoms with van der Waals surface area (Å²) in [4.78, 5) is 6.92. The van der Waals surface area contributed by atoms with Crippen LogP contribution in [0.2, 0.25) is 0 Å². The molecular weight excluding hydrogens is 172 g/mol. The van der Waals surface area contributed by atoms with Gasteiger partial charge in [0.2, 0.25) is 0 Å². The molecule has 0 aromatic carbocycles. The van der Waals surface area contributed by atoms with Crippen molar-refractivity contribution in [1.82, 2.24) is 9.88 Å². The fourth-order valence-electron chi connectivity index (χ4n) is 1.96. The first-order chi connectivity index (χ1) is 6.88. The minimum Gasteiger partial charge on any atom is -0.299 e. The third-order valence-electron chi connectivity index (χ3n) is 2.85. The second kappa shape index (κ2) is 4.56. The Morgan fingerprint density at radius 1 is 1.29 bits per heavy atom. The van der Waals surface area contributed by atoms with Gasteiger partial charge < -0.3 is 0 Å². The Morgan fingerprint density at radius 2 is 2.07 bits per heavy atom. The van der Waals surface area contributed by atoms with E-state index in [2.05, 4.69) is 28.9 Å². The summed E-state index contributed by atoms with van der Waals surface area (Å²) in [5.74, 6) is 0. The molecule has 0 aliphatic carbocycles. The quantitative estimate of drug-likeness (QED) is 0.726. The summed E-state index contributed by atoms with van der Waals surface area (Å²) >= 11 is 0. The van der Waals surface area contributed by atoms with E-state index in [0.717, 1.165) is 13.0 Å². The molecule has 1 saturated heterocycles. The van der Waals surface area contributed by atoms with Crippen LogP contribution in [-0.4, -0.2) is 23.0 Å². The largest absolute Gasteiger partial charge is 0.299 e. The van der Waals surface area contributed by atoms with Crippen molar-refractivity contribution in [2.75, 3.05) is 13.1 Å². The molecule has 76 valence electrons. The highest BCUT2D eigenvalue weighted by Crippen LogP contribution is 2.12. The van der Waals surface area contributed by atoms with Gasteiger partial charge in [-0.1, -0.05) is 13.0 Å². The number of rotatable bonds is 3. The first-order valence-electron chi connectivity index (χ1n) is 5.54. The first-order valence-corrected chi connectivity index (χ1v) is 5.54. The maximum Gasteiger partial charge on any atom is 0.0401 e. The van der Waals surface area contributed by atoms with Crippen molar-refractivity contribution < 1.29 is 0 Å². The molecule has 1 aromatic rings. The van der Waals surface area contributed by atoms with Crippen molar-refractivity contribution in [2.45, 2.75) is 32.7 Å². The molecule has 0 saturated carbocycles. The maximum absolute atomic E-state index is 4.41. The highest BCUT2D eigenvalue weighted by atomic mass is 15.1. The summed E-state index contributed by atoms with van der Waals surface area (Å²) in [5.41, 5.74) is 2.54. The summed E-state index contributed by atoms with van der Waals surface area (Å²) in [6.07, 6.45) is 5.78. The summed E-state index contributed by atoms with van der Waals surface area (Å²) in [5, 5.41) is 0. The van der Waals surface area contributed by atoms with Crippen LogP contribution in [0.15, 0.2) is 18.3 Å². The fourth-order valence-corrected chi connectivity index (χ4v) is 1.96. The van der Waals surface area contributed by atoms with Gasteiger partial charge in [0.1, 0.15) is 0 Å². The van der Waals surface area contributed by atoms with Gasteiger partial charge >= 0.3 is 0 Å². The van der Waals surface area contributed by atoms with Crippen molar-refractivity contribution in [1.29, 1.82) is 0 Å². The number of hydrogen-bond acceptors (Lipinski definition) is 2. The summed E-state index contributed by atoms with van der Waals surface area (Å²) < 4.78 is 0. The molecule has 0 N–H and O–H groups in total. The molecule has 0 bridgehead atoms. The van der Waals surface area contributed by atoms with E-state index in [1.54, 1.807) is 0 Å². The topological polar surface area (TPSA) is 16.1 Å². The van der Waals surface area contributed by atoms with Gasteiger partial charge in [0.15, 0.2) is 0 Å². The lowest BCUT2D eigenvalue weighted by Crippen LogP contribution is -2.18. The predicted molar refractivity (Wildman–Crippen MR) is 58.1 cm³/mol. The molecule has 2 heterocycles. The minimum atomic E-state index is 1.03. The number of likely N-dealkylation sites (tertiary alicyclic amines) is 1.